The maximum atomic E-state index is 11.5. The molecular formula is C18H21NO4. The highest BCUT2D eigenvalue weighted by Crippen LogP contribution is 2.24. The van der Waals surface area contributed by atoms with Crippen LogP contribution in [-0.2, 0) is 4.79 Å². The molecule has 0 spiro atoms. The van der Waals surface area contributed by atoms with Crippen LogP contribution >= 0.6 is 0 Å². The number of aliphatic hydroxyl groups excluding tert-OH is 1. The highest BCUT2D eigenvalue weighted by molar-refractivity contribution is 5.77. The van der Waals surface area contributed by atoms with E-state index in [2.05, 4.69) is 5.32 Å². The topological polar surface area (TPSA) is 67.8 Å². The van der Waals surface area contributed by atoms with Crippen molar-refractivity contribution in [2.24, 2.45) is 0 Å². The monoisotopic (exact) mass is 315 g/mol. The molecule has 0 aliphatic rings. The minimum atomic E-state index is -0.210. The number of aliphatic hydroxyl groups is 1. The van der Waals surface area contributed by atoms with Crippen LogP contribution < -0.4 is 14.8 Å². The van der Waals surface area contributed by atoms with Crippen molar-refractivity contribution in [1.82, 2.24) is 5.32 Å². The number of benzene rings is 2. The molecule has 2 aromatic rings. The van der Waals surface area contributed by atoms with Crippen molar-refractivity contribution < 1.29 is 19.4 Å². The molecule has 0 bridgehead atoms. The zero-order valence-corrected chi connectivity index (χ0v) is 13.1. The van der Waals surface area contributed by atoms with Crippen molar-refractivity contribution in [3.05, 3.63) is 54.1 Å². The molecule has 0 unspecified atom stereocenters. The van der Waals surface area contributed by atoms with Crippen LogP contribution in [0.15, 0.2) is 48.5 Å². The third kappa shape index (κ3) is 6.00. The Balaban J connectivity index is 1.80. The van der Waals surface area contributed by atoms with Gasteiger partial charge in [0.05, 0.1) is 0 Å². The predicted molar refractivity (Wildman–Crippen MR) is 87.9 cm³/mol. The average Bonchev–Trinajstić information content (AvgIpc) is 2.57. The molecule has 122 valence electrons. The summed E-state index contributed by atoms with van der Waals surface area (Å²) in [5.74, 6) is 1.86. The highest BCUT2D eigenvalue weighted by atomic mass is 16.5. The summed E-state index contributed by atoms with van der Waals surface area (Å²) in [6.45, 7) is 2.48. The van der Waals surface area contributed by atoms with Gasteiger partial charge in [0.1, 0.15) is 17.2 Å². The van der Waals surface area contributed by atoms with Gasteiger partial charge in [-0.1, -0.05) is 17.7 Å². The van der Waals surface area contributed by atoms with Gasteiger partial charge in [-0.25, -0.2) is 0 Å². The summed E-state index contributed by atoms with van der Waals surface area (Å²) in [5.41, 5.74) is 1.18. The molecule has 1 amide bonds. The number of nitrogens with one attached hydrogen (secondary N) is 1. The SMILES string of the molecule is Cc1ccc(Oc2ccc(OCC(=O)NCCCO)cc2)cc1. The van der Waals surface area contributed by atoms with Gasteiger partial charge < -0.3 is 19.9 Å². The zero-order valence-electron chi connectivity index (χ0n) is 13.1. The minimum Gasteiger partial charge on any atom is -0.484 e. The Morgan fingerprint density at radius 3 is 2.17 bits per heavy atom. The second-order valence-corrected chi connectivity index (χ2v) is 5.10. The van der Waals surface area contributed by atoms with Gasteiger partial charge in [-0.05, 0) is 49.7 Å². The van der Waals surface area contributed by atoms with Gasteiger partial charge >= 0.3 is 0 Å². The third-order valence-electron chi connectivity index (χ3n) is 3.11. The van der Waals surface area contributed by atoms with Crippen LogP contribution in [-0.4, -0.2) is 30.8 Å². The Morgan fingerprint density at radius 1 is 1.00 bits per heavy atom. The van der Waals surface area contributed by atoms with Crippen LogP contribution in [0.1, 0.15) is 12.0 Å². The van der Waals surface area contributed by atoms with Crippen molar-refractivity contribution in [1.29, 1.82) is 0 Å². The van der Waals surface area contributed by atoms with Crippen LogP contribution in [0.5, 0.6) is 17.2 Å². The Labute approximate surface area is 135 Å². The summed E-state index contributed by atoms with van der Waals surface area (Å²) in [6, 6.07) is 14.9. The van der Waals surface area contributed by atoms with E-state index >= 15 is 0 Å². The molecule has 0 heterocycles. The van der Waals surface area contributed by atoms with Crippen LogP contribution in [0.2, 0.25) is 0 Å². The number of rotatable bonds is 8. The molecule has 0 atom stereocenters. The van der Waals surface area contributed by atoms with Crippen molar-refractivity contribution in [2.75, 3.05) is 19.8 Å². The minimum absolute atomic E-state index is 0.0520. The number of hydrogen-bond donors (Lipinski definition) is 2. The van der Waals surface area contributed by atoms with Crippen LogP contribution in [0.3, 0.4) is 0 Å². The smallest absolute Gasteiger partial charge is 0.257 e. The first-order chi connectivity index (χ1) is 11.2. The largest absolute Gasteiger partial charge is 0.484 e. The molecule has 2 N–H and O–H groups in total. The summed E-state index contributed by atoms with van der Waals surface area (Å²) in [4.78, 5) is 11.5. The fourth-order valence-corrected chi connectivity index (χ4v) is 1.85. The quantitative estimate of drug-likeness (QED) is 0.735. The first kappa shape index (κ1) is 16.8. The van der Waals surface area contributed by atoms with Gasteiger partial charge in [0.15, 0.2) is 6.61 Å². The molecule has 0 radical (unpaired) electrons. The van der Waals surface area contributed by atoms with E-state index in [-0.39, 0.29) is 19.1 Å². The zero-order chi connectivity index (χ0) is 16.5. The third-order valence-corrected chi connectivity index (χ3v) is 3.11. The van der Waals surface area contributed by atoms with Crippen LogP contribution in [0, 0.1) is 6.92 Å². The van der Waals surface area contributed by atoms with Gasteiger partial charge in [0, 0.05) is 13.2 Å². The highest BCUT2D eigenvalue weighted by Gasteiger charge is 2.03. The molecule has 2 rings (SSSR count). The van der Waals surface area contributed by atoms with E-state index in [0.717, 1.165) is 5.75 Å². The Kier molecular flexibility index (Phi) is 6.44. The molecule has 0 saturated heterocycles. The van der Waals surface area contributed by atoms with Crippen LogP contribution in [0.25, 0.3) is 0 Å². The van der Waals surface area contributed by atoms with Crippen molar-refractivity contribution in [2.45, 2.75) is 13.3 Å². The van der Waals surface area contributed by atoms with Crippen molar-refractivity contribution in [3.63, 3.8) is 0 Å². The molecule has 0 fully saturated rings. The molecule has 0 aromatic heterocycles. The number of carbonyl (C=O) groups is 1. The Morgan fingerprint density at radius 2 is 1.57 bits per heavy atom. The molecule has 0 aliphatic carbocycles. The number of hydrogen-bond acceptors (Lipinski definition) is 4. The molecule has 5 nitrogen and oxygen atoms in total. The first-order valence-corrected chi connectivity index (χ1v) is 7.52. The molecule has 2 aromatic carbocycles. The molecular weight excluding hydrogens is 294 g/mol. The van der Waals surface area contributed by atoms with E-state index in [1.54, 1.807) is 24.3 Å². The molecule has 5 heteroatoms. The standard InChI is InChI=1S/C18H21NO4/c1-14-3-5-16(6-4-14)23-17-9-7-15(8-10-17)22-13-18(21)19-11-2-12-20/h3-10,20H,2,11-13H2,1H3,(H,19,21). The average molecular weight is 315 g/mol. The van der Waals surface area contributed by atoms with Crippen molar-refractivity contribution >= 4 is 5.91 Å². The second-order valence-electron chi connectivity index (χ2n) is 5.10. The number of aryl methyl sites for hydroxylation is 1. The predicted octanol–water partition coefficient (Wildman–Crippen LogP) is 2.66. The second kappa shape index (κ2) is 8.80. The summed E-state index contributed by atoms with van der Waals surface area (Å²) >= 11 is 0. The van der Waals surface area contributed by atoms with E-state index in [1.165, 1.54) is 5.56 Å². The lowest BCUT2D eigenvalue weighted by Crippen LogP contribution is -2.30. The van der Waals surface area contributed by atoms with Crippen molar-refractivity contribution in [3.8, 4) is 17.2 Å². The van der Waals surface area contributed by atoms with E-state index in [9.17, 15) is 4.79 Å². The Hall–Kier alpha value is -2.53. The summed E-state index contributed by atoms with van der Waals surface area (Å²) < 4.78 is 11.1. The van der Waals surface area contributed by atoms with Gasteiger partial charge in [-0.15, -0.1) is 0 Å². The van der Waals surface area contributed by atoms with Gasteiger partial charge in [0.2, 0.25) is 0 Å². The van der Waals surface area contributed by atoms with Crippen LogP contribution in [0.4, 0.5) is 0 Å². The summed E-state index contributed by atoms with van der Waals surface area (Å²) in [6.07, 6.45) is 0.538. The molecule has 0 aliphatic heterocycles. The van der Waals surface area contributed by atoms with Gasteiger partial charge in [-0.3, -0.25) is 4.79 Å². The Bertz CT molecular complexity index is 608. The van der Waals surface area contributed by atoms with E-state index in [0.29, 0.717) is 24.5 Å². The molecule has 0 saturated carbocycles. The van der Waals surface area contributed by atoms with Gasteiger partial charge in [0.25, 0.3) is 5.91 Å². The fraction of sp³-hybridized carbons (Fsp3) is 0.278. The summed E-state index contributed by atoms with van der Waals surface area (Å²) in [5, 5.41) is 11.3. The lowest BCUT2D eigenvalue weighted by atomic mass is 10.2. The number of amides is 1. The number of carbonyl (C=O) groups excluding carboxylic acids is 1. The normalized spacial score (nSPS) is 10.2. The summed E-state index contributed by atoms with van der Waals surface area (Å²) in [7, 11) is 0. The van der Waals surface area contributed by atoms with E-state index in [1.807, 2.05) is 31.2 Å². The lowest BCUT2D eigenvalue weighted by Gasteiger charge is -2.09. The maximum absolute atomic E-state index is 11.5. The fourth-order valence-electron chi connectivity index (χ4n) is 1.85. The maximum Gasteiger partial charge on any atom is 0.257 e. The molecule has 23 heavy (non-hydrogen) atoms. The van der Waals surface area contributed by atoms with E-state index in [4.69, 9.17) is 14.6 Å². The number of ether oxygens (including phenoxy) is 2. The first-order valence-electron chi connectivity index (χ1n) is 7.52. The van der Waals surface area contributed by atoms with Gasteiger partial charge in [-0.2, -0.15) is 0 Å². The van der Waals surface area contributed by atoms with E-state index < -0.39 is 0 Å². The lowest BCUT2D eigenvalue weighted by molar-refractivity contribution is -0.123.